The van der Waals surface area contributed by atoms with Gasteiger partial charge in [0.05, 0.1) is 11.3 Å². The number of hydrogen-bond donors (Lipinski definition) is 0. The second-order valence-corrected chi connectivity index (χ2v) is 8.00. The van der Waals surface area contributed by atoms with Crippen LogP contribution in [0.25, 0.3) is 10.1 Å². The summed E-state index contributed by atoms with van der Waals surface area (Å²) in [5.74, 6) is 0.374. The highest BCUT2D eigenvalue weighted by molar-refractivity contribution is 7.17. The van der Waals surface area contributed by atoms with E-state index in [9.17, 15) is 18.0 Å². The smallest absolute Gasteiger partial charge is 0.368 e. The molecule has 2 atom stereocenters. The molecule has 1 saturated heterocycles. The van der Waals surface area contributed by atoms with Crippen LogP contribution >= 0.6 is 11.3 Å². The van der Waals surface area contributed by atoms with Gasteiger partial charge in [0.2, 0.25) is 0 Å². The van der Waals surface area contributed by atoms with Gasteiger partial charge in [-0.3, -0.25) is 4.90 Å². The van der Waals surface area contributed by atoms with Gasteiger partial charge in [-0.1, -0.05) is 19.9 Å². The maximum Gasteiger partial charge on any atom is 0.416 e. The summed E-state index contributed by atoms with van der Waals surface area (Å²) in [5.41, 5.74) is 0.425. The molecule has 0 amide bonds. The van der Waals surface area contributed by atoms with Gasteiger partial charge in [0, 0.05) is 54.1 Å². The SMILES string of the molecule is CC(C=O)[C@@H](C)CN1CCN(c2csc3cc(C(F)(F)F)ccc23)CC1. The van der Waals surface area contributed by atoms with Gasteiger partial charge in [-0.15, -0.1) is 11.3 Å². The van der Waals surface area contributed by atoms with Gasteiger partial charge in [-0.2, -0.15) is 13.2 Å². The minimum atomic E-state index is -4.31. The van der Waals surface area contributed by atoms with E-state index in [0.29, 0.717) is 10.6 Å². The third-order valence-corrected chi connectivity index (χ3v) is 6.19. The number of hydrogen-bond acceptors (Lipinski definition) is 4. The second-order valence-electron chi connectivity index (χ2n) is 7.09. The molecule has 3 nitrogen and oxygen atoms in total. The van der Waals surface area contributed by atoms with E-state index in [1.54, 1.807) is 6.07 Å². The van der Waals surface area contributed by atoms with E-state index in [1.165, 1.54) is 17.4 Å². The lowest BCUT2D eigenvalue weighted by molar-refractivity contribution is -0.137. The number of benzene rings is 1. The van der Waals surface area contributed by atoms with Crippen LogP contribution in [0.2, 0.25) is 0 Å². The first kappa shape index (κ1) is 19.2. The molecule has 0 N–H and O–H groups in total. The monoisotopic (exact) mass is 384 g/mol. The Kier molecular flexibility index (Phi) is 5.58. The highest BCUT2D eigenvalue weighted by Gasteiger charge is 2.31. The molecular formula is C19H23F3N2OS. The molecular weight excluding hydrogens is 361 g/mol. The van der Waals surface area contributed by atoms with Crippen molar-refractivity contribution in [2.45, 2.75) is 20.0 Å². The molecule has 26 heavy (non-hydrogen) atoms. The molecule has 1 fully saturated rings. The Hall–Kier alpha value is -1.60. The van der Waals surface area contributed by atoms with Crippen molar-refractivity contribution in [1.29, 1.82) is 0 Å². The van der Waals surface area contributed by atoms with Crippen LogP contribution in [0, 0.1) is 11.8 Å². The molecule has 0 aliphatic carbocycles. The topological polar surface area (TPSA) is 23.6 Å². The van der Waals surface area contributed by atoms with E-state index in [-0.39, 0.29) is 5.92 Å². The largest absolute Gasteiger partial charge is 0.416 e. The van der Waals surface area contributed by atoms with Crippen molar-refractivity contribution >= 4 is 33.4 Å². The van der Waals surface area contributed by atoms with Crippen molar-refractivity contribution < 1.29 is 18.0 Å². The summed E-state index contributed by atoms with van der Waals surface area (Å²) in [4.78, 5) is 15.5. The van der Waals surface area contributed by atoms with Gasteiger partial charge in [0.1, 0.15) is 6.29 Å². The molecule has 1 aliphatic heterocycles. The first-order valence-corrected chi connectivity index (χ1v) is 9.68. The summed E-state index contributed by atoms with van der Waals surface area (Å²) in [6.45, 7) is 8.41. The summed E-state index contributed by atoms with van der Waals surface area (Å²) in [7, 11) is 0. The van der Waals surface area contributed by atoms with E-state index in [4.69, 9.17) is 0 Å². The maximum absolute atomic E-state index is 12.9. The number of carbonyl (C=O) groups is 1. The standard InChI is InChI=1S/C19H23F3N2OS/c1-13(14(2)11-25)10-23-5-7-24(8-6-23)17-12-26-18-9-15(19(20,21)22)3-4-16(17)18/h3-4,9,11-14H,5-8,10H2,1-2H3/t13-,14?/m0/s1. The molecule has 0 spiro atoms. The van der Waals surface area contributed by atoms with Crippen molar-refractivity contribution in [3.05, 3.63) is 29.1 Å². The summed E-state index contributed by atoms with van der Waals surface area (Å²) in [5, 5.41) is 2.84. The van der Waals surface area contributed by atoms with Gasteiger partial charge in [-0.25, -0.2) is 0 Å². The third kappa shape index (κ3) is 4.04. The number of fused-ring (bicyclic) bond motifs is 1. The molecule has 0 saturated carbocycles. The zero-order valence-electron chi connectivity index (χ0n) is 14.9. The Bertz CT molecular complexity index is 766. The van der Waals surface area contributed by atoms with Crippen LogP contribution in [0.15, 0.2) is 23.6 Å². The molecule has 7 heteroatoms. The summed E-state index contributed by atoms with van der Waals surface area (Å²) < 4.78 is 39.3. The lowest BCUT2D eigenvalue weighted by Gasteiger charge is -2.37. The zero-order valence-corrected chi connectivity index (χ0v) is 15.7. The highest BCUT2D eigenvalue weighted by Crippen LogP contribution is 2.38. The first-order chi connectivity index (χ1) is 12.3. The lowest BCUT2D eigenvalue weighted by Crippen LogP contribution is -2.48. The molecule has 3 rings (SSSR count). The quantitative estimate of drug-likeness (QED) is 0.709. The van der Waals surface area contributed by atoms with E-state index in [1.807, 2.05) is 12.3 Å². The minimum Gasteiger partial charge on any atom is -0.368 e. The summed E-state index contributed by atoms with van der Waals surface area (Å²) in [6, 6.07) is 3.99. The number of anilines is 1. The fraction of sp³-hybridized carbons (Fsp3) is 0.526. The zero-order chi connectivity index (χ0) is 18.9. The highest BCUT2D eigenvalue weighted by atomic mass is 32.1. The molecule has 1 aromatic carbocycles. The lowest BCUT2D eigenvalue weighted by atomic mass is 9.97. The molecule has 1 aromatic heterocycles. The van der Waals surface area contributed by atoms with Crippen LogP contribution in [0.5, 0.6) is 0 Å². The van der Waals surface area contributed by atoms with Crippen LogP contribution in [0.3, 0.4) is 0 Å². The Morgan fingerprint density at radius 1 is 1.19 bits per heavy atom. The summed E-state index contributed by atoms with van der Waals surface area (Å²) >= 11 is 1.36. The van der Waals surface area contributed by atoms with Crippen molar-refractivity contribution in [2.24, 2.45) is 11.8 Å². The molecule has 1 aliphatic rings. The van der Waals surface area contributed by atoms with Crippen molar-refractivity contribution in [2.75, 3.05) is 37.6 Å². The minimum absolute atomic E-state index is 0.0525. The van der Waals surface area contributed by atoms with Crippen LogP contribution in [0.1, 0.15) is 19.4 Å². The van der Waals surface area contributed by atoms with Crippen molar-refractivity contribution in [3.8, 4) is 0 Å². The average Bonchev–Trinajstić information content (AvgIpc) is 3.04. The number of nitrogens with zero attached hydrogens (tertiary/aromatic N) is 2. The van der Waals surface area contributed by atoms with Gasteiger partial charge in [0.25, 0.3) is 0 Å². The number of halogens is 3. The van der Waals surface area contributed by atoms with Crippen LogP contribution in [-0.4, -0.2) is 43.9 Å². The maximum atomic E-state index is 12.9. The number of thiophene rings is 1. The van der Waals surface area contributed by atoms with Gasteiger partial charge < -0.3 is 9.69 Å². The first-order valence-electron chi connectivity index (χ1n) is 8.80. The predicted molar refractivity (Wildman–Crippen MR) is 99.9 cm³/mol. The third-order valence-electron chi connectivity index (χ3n) is 5.25. The predicted octanol–water partition coefficient (Wildman–Crippen LogP) is 4.51. The fourth-order valence-corrected chi connectivity index (χ4v) is 4.32. The molecule has 0 radical (unpaired) electrons. The molecule has 2 aromatic rings. The molecule has 2 heterocycles. The Morgan fingerprint density at radius 2 is 1.88 bits per heavy atom. The number of piperazine rings is 1. The fourth-order valence-electron chi connectivity index (χ4n) is 3.31. The normalized spacial score (nSPS) is 18.9. The number of aldehydes is 1. The Labute approximate surface area is 155 Å². The number of alkyl halides is 3. The van der Waals surface area contributed by atoms with Crippen LogP contribution < -0.4 is 4.90 Å². The molecule has 1 unspecified atom stereocenters. The Morgan fingerprint density at radius 3 is 2.50 bits per heavy atom. The molecule has 142 valence electrons. The van der Waals surface area contributed by atoms with E-state index in [2.05, 4.69) is 16.7 Å². The van der Waals surface area contributed by atoms with Crippen LogP contribution in [-0.2, 0) is 11.0 Å². The van der Waals surface area contributed by atoms with Crippen molar-refractivity contribution in [1.82, 2.24) is 4.90 Å². The van der Waals surface area contributed by atoms with E-state index < -0.39 is 11.7 Å². The van der Waals surface area contributed by atoms with Gasteiger partial charge >= 0.3 is 6.18 Å². The van der Waals surface area contributed by atoms with Crippen LogP contribution in [0.4, 0.5) is 18.9 Å². The summed E-state index contributed by atoms with van der Waals surface area (Å²) in [6.07, 6.45) is -3.30. The number of carbonyl (C=O) groups excluding carboxylic acids is 1. The Balaban J connectivity index is 1.67. The van der Waals surface area contributed by atoms with E-state index >= 15 is 0 Å². The molecule has 0 bridgehead atoms. The van der Waals surface area contributed by atoms with E-state index in [0.717, 1.165) is 56.1 Å². The second kappa shape index (κ2) is 7.56. The van der Waals surface area contributed by atoms with Crippen molar-refractivity contribution in [3.63, 3.8) is 0 Å². The number of rotatable bonds is 5. The van der Waals surface area contributed by atoms with Gasteiger partial charge in [0.15, 0.2) is 0 Å². The van der Waals surface area contributed by atoms with Gasteiger partial charge in [-0.05, 0) is 18.1 Å². The average molecular weight is 384 g/mol.